The lowest BCUT2D eigenvalue weighted by atomic mass is 9.97. The van der Waals surface area contributed by atoms with E-state index < -0.39 is 0 Å². The van der Waals surface area contributed by atoms with E-state index >= 15 is 0 Å². The molecule has 128 valence electrons. The van der Waals surface area contributed by atoms with Gasteiger partial charge in [0.1, 0.15) is 5.58 Å². The number of hydrogen-bond donors (Lipinski definition) is 2. The third kappa shape index (κ3) is 3.88. The van der Waals surface area contributed by atoms with Crippen LogP contribution in [-0.2, 0) is 0 Å². The molecule has 25 heavy (non-hydrogen) atoms. The number of amides is 1. The van der Waals surface area contributed by atoms with Crippen LogP contribution in [0.4, 0.5) is 5.69 Å². The molecular formula is C20H20N2O2S. The van der Waals surface area contributed by atoms with Crippen molar-refractivity contribution in [1.29, 1.82) is 0 Å². The third-order valence-corrected chi connectivity index (χ3v) is 4.43. The lowest BCUT2D eigenvalue weighted by Crippen LogP contribution is -2.34. The third-order valence-electron chi connectivity index (χ3n) is 4.23. The van der Waals surface area contributed by atoms with Gasteiger partial charge in [-0.05, 0) is 48.3 Å². The molecule has 3 aromatic rings. The van der Waals surface area contributed by atoms with E-state index in [9.17, 15) is 4.79 Å². The maximum atomic E-state index is 12.4. The molecule has 2 aromatic carbocycles. The Labute approximate surface area is 152 Å². The van der Waals surface area contributed by atoms with E-state index in [0.717, 1.165) is 17.5 Å². The van der Waals surface area contributed by atoms with Crippen LogP contribution in [-0.4, -0.2) is 11.0 Å². The summed E-state index contributed by atoms with van der Waals surface area (Å²) in [6.07, 6.45) is 1.02. The molecule has 0 unspecified atom stereocenters. The number of carbonyl (C=O) groups excluding carboxylic acids is 1. The van der Waals surface area contributed by atoms with Crippen LogP contribution in [0.3, 0.4) is 0 Å². The zero-order valence-corrected chi connectivity index (χ0v) is 15.0. The maximum absolute atomic E-state index is 12.4. The quantitative estimate of drug-likeness (QED) is 0.644. The molecule has 1 aromatic heterocycles. The Morgan fingerprint density at radius 1 is 1.16 bits per heavy atom. The molecule has 1 heterocycles. The normalized spacial score (nSPS) is 11.9. The van der Waals surface area contributed by atoms with Gasteiger partial charge in [-0.1, -0.05) is 50.2 Å². The van der Waals surface area contributed by atoms with Gasteiger partial charge in [0, 0.05) is 11.1 Å². The maximum Gasteiger partial charge on any atom is 0.293 e. The average Bonchev–Trinajstić information content (AvgIpc) is 3.06. The summed E-state index contributed by atoms with van der Waals surface area (Å²) in [7, 11) is 0. The summed E-state index contributed by atoms with van der Waals surface area (Å²) in [6, 6.07) is 17.2. The van der Waals surface area contributed by atoms with Crippen molar-refractivity contribution in [3.05, 3.63) is 65.9 Å². The Bertz CT molecular complexity index is 884. The summed E-state index contributed by atoms with van der Waals surface area (Å²) in [5.74, 6) is 0.271. The first kappa shape index (κ1) is 17.2. The van der Waals surface area contributed by atoms with E-state index in [4.69, 9.17) is 16.6 Å². The summed E-state index contributed by atoms with van der Waals surface area (Å²) in [4.78, 5) is 12.4. The van der Waals surface area contributed by atoms with E-state index in [0.29, 0.717) is 11.5 Å². The van der Waals surface area contributed by atoms with Gasteiger partial charge < -0.3 is 9.73 Å². The predicted octanol–water partition coefficient (Wildman–Crippen LogP) is 5.07. The number of nitrogens with one attached hydrogen (secondary N) is 2. The number of rotatable bonds is 4. The molecule has 0 aliphatic carbocycles. The fourth-order valence-corrected chi connectivity index (χ4v) is 2.88. The first-order chi connectivity index (χ1) is 12.1. The van der Waals surface area contributed by atoms with Crippen LogP contribution in [0.2, 0.25) is 0 Å². The molecule has 2 N–H and O–H groups in total. The standard InChI is InChI=1S/C20H20N2O2S/c1-3-13(2)15-9-5-6-10-16(15)21-20(25)22-19(23)18-12-14-8-4-7-11-17(14)24-18/h4-13H,3H2,1-2H3,(H2,21,22,23,25)/t13-/m0/s1. The number of hydrogen-bond acceptors (Lipinski definition) is 3. The number of thiocarbonyl (C=S) groups is 1. The summed E-state index contributed by atoms with van der Waals surface area (Å²) in [5, 5.41) is 6.93. The van der Waals surface area contributed by atoms with Crippen molar-refractivity contribution < 1.29 is 9.21 Å². The van der Waals surface area contributed by atoms with Gasteiger partial charge in [0.15, 0.2) is 10.9 Å². The molecule has 0 saturated heterocycles. The first-order valence-electron chi connectivity index (χ1n) is 8.28. The Hall–Kier alpha value is -2.66. The molecule has 0 aliphatic rings. The summed E-state index contributed by atoms with van der Waals surface area (Å²) in [6.45, 7) is 4.31. The van der Waals surface area contributed by atoms with Crippen LogP contribution in [0, 0.1) is 0 Å². The minimum atomic E-state index is -0.366. The SMILES string of the molecule is CC[C@H](C)c1ccccc1NC(=S)NC(=O)c1cc2ccccc2o1. The summed E-state index contributed by atoms with van der Waals surface area (Å²) < 4.78 is 5.56. The second-order valence-electron chi connectivity index (χ2n) is 5.95. The predicted molar refractivity (Wildman–Crippen MR) is 105 cm³/mol. The van der Waals surface area contributed by atoms with E-state index in [-0.39, 0.29) is 16.8 Å². The van der Waals surface area contributed by atoms with Crippen LogP contribution in [0.1, 0.15) is 42.3 Å². The fraction of sp³-hybridized carbons (Fsp3) is 0.200. The Morgan fingerprint density at radius 2 is 1.88 bits per heavy atom. The van der Waals surface area contributed by atoms with Crippen molar-refractivity contribution in [1.82, 2.24) is 5.32 Å². The number of furan rings is 1. The molecular weight excluding hydrogens is 332 g/mol. The molecule has 0 radical (unpaired) electrons. The van der Waals surface area contributed by atoms with Gasteiger partial charge in [0.2, 0.25) is 0 Å². The van der Waals surface area contributed by atoms with Gasteiger partial charge in [-0.15, -0.1) is 0 Å². The molecule has 5 heteroatoms. The molecule has 0 saturated carbocycles. The van der Waals surface area contributed by atoms with Crippen molar-refractivity contribution in [2.75, 3.05) is 5.32 Å². The van der Waals surface area contributed by atoms with Gasteiger partial charge in [0.25, 0.3) is 5.91 Å². The van der Waals surface area contributed by atoms with E-state index in [2.05, 4.69) is 30.5 Å². The van der Waals surface area contributed by atoms with Gasteiger partial charge in [-0.2, -0.15) is 0 Å². The smallest absolute Gasteiger partial charge is 0.293 e. The van der Waals surface area contributed by atoms with E-state index in [1.165, 1.54) is 5.56 Å². The Balaban J connectivity index is 1.71. The first-order valence-corrected chi connectivity index (χ1v) is 8.69. The highest BCUT2D eigenvalue weighted by Gasteiger charge is 2.15. The second-order valence-corrected chi connectivity index (χ2v) is 6.36. The van der Waals surface area contributed by atoms with Crippen molar-refractivity contribution >= 4 is 39.9 Å². The van der Waals surface area contributed by atoms with Gasteiger partial charge in [-0.25, -0.2) is 0 Å². The van der Waals surface area contributed by atoms with E-state index in [1.807, 2.05) is 42.5 Å². The molecule has 0 bridgehead atoms. The molecule has 0 spiro atoms. The van der Waals surface area contributed by atoms with Crippen LogP contribution >= 0.6 is 12.2 Å². The Kier molecular flexibility index (Phi) is 5.14. The number of carbonyl (C=O) groups is 1. The monoisotopic (exact) mass is 352 g/mol. The molecule has 1 atom stereocenters. The molecule has 4 nitrogen and oxygen atoms in total. The topological polar surface area (TPSA) is 54.3 Å². The fourth-order valence-electron chi connectivity index (χ4n) is 2.67. The highest BCUT2D eigenvalue weighted by molar-refractivity contribution is 7.80. The molecule has 3 rings (SSSR count). The van der Waals surface area contributed by atoms with Crippen molar-refractivity contribution in [3.63, 3.8) is 0 Å². The summed E-state index contributed by atoms with van der Waals surface area (Å²) in [5.41, 5.74) is 2.76. The minimum Gasteiger partial charge on any atom is -0.451 e. The van der Waals surface area contributed by atoms with Crippen LogP contribution in [0.15, 0.2) is 59.0 Å². The number of benzene rings is 2. The van der Waals surface area contributed by atoms with Crippen LogP contribution in [0.25, 0.3) is 11.0 Å². The van der Waals surface area contributed by atoms with E-state index in [1.54, 1.807) is 6.07 Å². The largest absolute Gasteiger partial charge is 0.451 e. The zero-order chi connectivity index (χ0) is 17.8. The molecule has 1 amide bonds. The highest BCUT2D eigenvalue weighted by atomic mass is 32.1. The van der Waals surface area contributed by atoms with Crippen LogP contribution in [0.5, 0.6) is 0 Å². The number of fused-ring (bicyclic) bond motifs is 1. The van der Waals surface area contributed by atoms with Gasteiger partial charge in [0.05, 0.1) is 0 Å². The highest BCUT2D eigenvalue weighted by Crippen LogP contribution is 2.26. The van der Waals surface area contributed by atoms with Gasteiger partial charge in [-0.3, -0.25) is 10.1 Å². The van der Waals surface area contributed by atoms with Crippen molar-refractivity contribution in [2.45, 2.75) is 26.2 Å². The number of anilines is 1. The van der Waals surface area contributed by atoms with Crippen molar-refractivity contribution in [2.24, 2.45) is 0 Å². The lowest BCUT2D eigenvalue weighted by molar-refractivity contribution is 0.0953. The lowest BCUT2D eigenvalue weighted by Gasteiger charge is -2.16. The molecule has 0 fully saturated rings. The number of para-hydroxylation sites is 2. The minimum absolute atomic E-state index is 0.237. The average molecular weight is 352 g/mol. The van der Waals surface area contributed by atoms with Crippen molar-refractivity contribution in [3.8, 4) is 0 Å². The zero-order valence-electron chi connectivity index (χ0n) is 14.2. The van der Waals surface area contributed by atoms with Gasteiger partial charge >= 0.3 is 0 Å². The second kappa shape index (κ2) is 7.49. The Morgan fingerprint density at radius 3 is 2.64 bits per heavy atom. The summed E-state index contributed by atoms with van der Waals surface area (Å²) >= 11 is 5.29. The molecule has 0 aliphatic heterocycles. The van der Waals surface area contributed by atoms with Crippen LogP contribution < -0.4 is 10.6 Å².